The normalized spacial score (nSPS) is 16.0. The average Bonchev–Trinajstić information content (AvgIpc) is 2.54. The predicted octanol–water partition coefficient (Wildman–Crippen LogP) is 1.54. The van der Waals surface area contributed by atoms with Crippen LogP contribution in [0.2, 0.25) is 5.02 Å². The largest absolute Gasteiger partial charge is 0.368 e. The molecule has 0 bridgehead atoms. The summed E-state index contributed by atoms with van der Waals surface area (Å²) in [5, 5.41) is 12.4. The number of amides is 1. The Labute approximate surface area is 105 Å². The van der Waals surface area contributed by atoms with E-state index in [1.165, 1.54) is 0 Å². The molecule has 1 heterocycles. The van der Waals surface area contributed by atoms with Crippen molar-refractivity contribution in [2.75, 3.05) is 24.5 Å². The summed E-state index contributed by atoms with van der Waals surface area (Å²) in [6.07, 6.45) is 0.442. The van der Waals surface area contributed by atoms with Crippen molar-refractivity contribution < 1.29 is 4.79 Å². The summed E-state index contributed by atoms with van der Waals surface area (Å²) >= 11 is 5.99. The molecule has 1 aliphatic heterocycles. The number of carbonyl (C=O) groups is 1. The van der Waals surface area contributed by atoms with Gasteiger partial charge in [0.1, 0.15) is 6.07 Å². The topological polar surface area (TPSA) is 56.1 Å². The van der Waals surface area contributed by atoms with Crippen LogP contribution < -0.4 is 10.2 Å². The van der Waals surface area contributed by atoms with Crippen molar-refractivity contribution in [3.63, 3.8) is 0 Å². The van der Waals surface area contributed by atoms with Crippen molar-refractivity contribution in [2.24, 2.45) is 0 Å². The number of nitriles is 1. The number of anilines is 1. The Hall–Kier alpha value is -1.73. The molecule has 4 nitrogen and oxygen atoms in total. The predicted molar refractivity (Wildman–Crippen MR) is 66.0 cm³/mol. The molecule has 0 atom stereocenters. The van der Waals surface area contributed by atoms with E-state index in [2.05, 4.69) is 11.4 Å². The van der Waals surface area contributed by atoms with Gasteiger partial charge < -0.3 is 10.2 Å². The van der Waals surface area contributed by atoms with E-state index in [1.807, 2.05) is 17.0 Å². The van der Waals surface area contributed by atoms with Gasteiger partial charge in [-0.3, -0.25) is 4.79 Å². The fourth-order valence-corrected chi connectivity index (χ4v) is 2.11. The van der Waals surface area contributed by atoms with Crippen LogP contribution in [0, 0.1) is 11.3 Å². The number of nitrogens with zero attached hydrogens (tertiary/aromatic N) is 2. The number of halogens is 1. The van der Waals surface area contributed by atoms with E-state index < -0.39 is 0 Å². The van der Waals surface area contributed by atoms with E-state index in [9.17, 15) is 4.79 Å². The lowest BCUT2D eigenvalue weighted by molar-refractivity contribution is -0.120. The van der Waals surface area contributed by atoms with Gasteiger partial charge >= 0.3 is 0 Å². The maximum absolute atomic E-state index is 11.3. The van der Waals surface area contributed by atoms with Gasteiger partial charge in [-0.05, 0) is 12.1 Å². The van der Waals surface area contributed by atoms with E-state index in [1.54, 1.807) is 6.07 Å². The van der Waals surface area contributed by atoms with Crippen molar-refractivity contribution in [3.05, 3.63) is 28.8 Å². The van der Waals surface area contributed by atoms with E-state index in [0.29, 0.717) is 36.6 Å². The van der Waals surface area contributed by atoms with Crippen LogP contribution in [0.5, 0.6) is 0 Å². The van der Waals surface area contributed by atoms with Crippen molar-refractivity contribution in [3.8, 4) is 6.07 Å². The summed E-state index contributed by atoms with van der Waals surface area (Å²) in [7, 11) is 0. The number of carbonyl (C=O) groups excluding carboxylic acids is 1. The van der Waals surface area contributed by atoms with Crippen LogP contribution in [0.3, 0.4) is 0 Å². The van der Waals surface area contributed by atoms with Crippen LogP contribution in [0.15, 0.2) is 18.2 Å². The summed E-state index contributed by atoms with van der Waals surface area (Å²) in [6, 6.07) is 7.49. The maximum Gasteiger partial charge on any atom is 0.221 e. The Balaban J connectivity index is 2.31. The van der Waals surface area contributed by atoms with Gasteiger partial charge in [-0.2, -0.15) is 5.26 Å². The first kappa shape index (κ1) is 11.7. The van der Waals surface area contributed by atoms with Crippen molar-refractivity contribution >= 4 is 23.2 Å². The molecule has 0 radical (unpaired) electrons. The summed E-state index contributed by atoms with van der Waals surface area (Å²) in [5.74, 6) is 0.0491. The van der Waals surface area contributed by atoms with Gasteiger partial charge in [0.2, 0.25) is 5.91 Å². The second-order valence-corrected chi connectivity index (χ2v) is 4.24. The van der Waals surface area contributed by atoms with Gasteiger partial charge in [-0.1, -0.05) is 17.7 Å². The molecule has 1 aliphatic rings. The Morgan fingerprint density at radius 1 is 1.41 bits per heavy atom. The third-order valence-corrected chi connectivity index (χ3v) is 3.07. The van der Waals surface area contributed by atoms with Crippen LogP contribution >= 0.6 is 11.6 Å². The molecule has 1 saturated heterocycles. The third-order valence-electron chi connectivity index (χ3n) is 2.76. The lowest BCUT2D eigenvalue weighted by Crippen LogP contribution is -2.28. The molecular weight excluding hydrogens is 238 g/mol. The number of hydrogen-bond donors (Lipinski definition) is 1. The quantitative estimate of drug-likeness (QED) is 0.821. The highest BCUT2D eigenvalue weighted by Crippen LogP contribution is 2.27. The molecule has 1 fully saturated rings. The first-order valence-electron chi connectivity index (χ1n) is 5.42. The van der Waals surface area contributed by atoms with Crippen molar-refractivity contribution in [1.82, 2.24) is 5.32 Å². The SMILES string of the molecule is N#Cc1c(Cl)cccc1N1CCNC(=O)CC1. The first-order valence-corrected chi connectivity index (χ1v) is 5.80. The molecule has 17 heavy (non-hydrogen) atoms. The molecule has 5 heteroatoms. The minimum Gasteiger partial charge on any atom is -0.368 e. The Morgan fingerprint density at radius 2 is 2.24 bits per heavy atom. The highest BCUT2D eigenvalue weighted by atomic mass is 35.5. The summed E-state index contributed by atoms with van der Waals surface area (Å²) in [4.78, 5) is 13.3. The minimum atomic E-state index is 0.0491. The van der Waals surface area contributed by atoms with E-state index in [-0.39, 0.29) is 5.91 Å². The lowest BCUT2D eigenvalue weighted by atomic mass is 10.1. The van der Waals surface area contributed by atoms with E-state index >= 15 is 0 Å². The monoisotopic (exact) mass is 249 g/mol. The highest BCUT2D eigenvalue weighted by molar-refractivity contribution is 6.32. The molecule has 1 aromatic carbocycles. The van der Waals surface area contributed by atoms with Gasteiger partial charge in [0.05, 0.1) is 16.3 Å². The highest BCUT2D eigenvalue weighted by Gasteiger charge is 2.17. The third kappa shape index (κ3) is 2.51. The van der Waals surface area contributed by atoms with Crippen molar-refractivity contribution in [2.45, 2.75) is 6.42 Å². The zero-order valence-electron chi connectivity index (χ0n) is 9.24. The molecule has 0 spiro atoms. The van der Waals surface area contributed by atoms with Gasteiger partial charge in [-0.25, -0.2) is 0 Å². The fourth-order valence-electron chi connectivity index (χ4n) is 1.89. The second kappa shape index (κ2) is 5.07. The summed E-state index contributed by atoms with van der Waals surface area (Å²) in [5.41, 5.74) is 1.28. The van der Waals surface area contributed by atoms with E-state index in [0.717, 1.165) is 5.69 Å². The Kier molecular flexibility index (Phi) is 3.50. The average molecular weight is 250 g/mol. The van der Waals surface area contributed by atoms with Crippen LogP contribution in [0.1, 0.15) is 12.0 Å². The zero-order valence-corrected chi connectivity index (χ0v) is 10.00. The number of benzene rings is 1. The van der Waals surface area contributed by atoms with Crippen LogP contribution in [0.25, 0.3) is 0 Å². The standard InChI is InChI=1S/C12H12ClN3O/c13-10-2-1-3-11(9(10)8-14)16-6-4-12(17)15-5-7-16/h1-3H,4-7H2,(H,15,17). The van der Waals surface area contributed by atoms with Crippen LogP contribution in [0.4, 0.5) is 5.69 Å². The summed E-state index contributed by atoms with van der Waals surface area (Å²) in [6.45, 7) is 1.90. The molecule has 1 N–H and O–H groups in total. The van der Waals surface area contributed by atoms with Gasteiger partial charge in [0.15, 0.2) is 0 Å². The molecule has 0 unspecified atom stereocenters. The zero-order chi connectivity index (χ0) is 12.3. The maximum atomic E-state index is 11.3. The van der Waals surface area contributed by atoms with E-state index in [4.69, 9.17) is 16.9 Å². The Morgan fingerprint density at radius 3 is 3.00 bits per heavy atom. The minimum absolute atomic E-state index is 0.0491. The Bertz CT molecular complexity index is 481. The number of rotatable bonds is 1. The molecule has 2 rings (SSSR count). The van der Waals surface area contributed by atoms with Gasteiger partial charge in [0.25, 0.3) is 0 Å². The lowest BCUT2D eigenvalue weighted by Gasteiger charge is -2.23. The molecule has 1 amide bonds. The van der Waals surface area contributed by atoms with Gasteiger partial charge in [0, 0.05) is 26.1 Å². The van der Waals surface area contributed by atoms with Gasteiger partial charge in [-0.15, -0.1) is 0 Å². The number of hydrogen-bond acceptors (Lipinski definition) is 3. The molecule has 88 valence electrons. The molecule has 0 saturated carbocycles. The van der Waals surface area contributed by atoms with Crippen LogP contribution in [-0.2, 0) is 4.79 Å². The van der Waals surface area contributed by atoms with Crippen molar-refractivity contribution in [1.29, 1.82) is 5.26 Å². The smallest absolute Gasteiger partial charge is 0.221 e. The second-order valence-electron chi connectivity index (χ2n) is 3.83. The van der Waals surface area contributed by atoms with Crippen LogP contribution in [-0.4, -0.2) is 25.5 Å². The molecule has 0 aliphatic carbocycles. The number of nitrogens with one attached hydrogen (secondary N) is 1. The summed E-state index contributed by atoms with van der Waals surface area (Å²) < 4.78 is 0. The first-order chi connectivity index (χ1) is 8.22. The molecule has 0 aromatic heterocycles. The fraction of sp³-hybridized carbons (Fsp3) is 0.333. The molecule has 1 aromatic rings. The molecular formula is C12H12ClN3O.